The zero-order valence-corrected chi connectivity index (χ0v) is 17.2. The molecule has 0 spiro atoms. The summed E-state index contributed by atoms with van der Waals surface area (Å²) in [5, 5.41) is 1.89. The van der Waals surface area contributed by atoms with Crippen LogP contribution in [0.3, 0.4) is 0 Å². The van der Waals surface area contributed by atoms with Crippen LogP contribution in [0.4, 0.5) is 14.4 Å². The van der Waals surface area contributed by atoms with Gasteiger partial charge in [-0.3, -0.25) is 19.8 Å². The summed E-state index contributed by atoms with van der Waals surface area (Å²) in [5.41, 5.74) is 0. The van der Waals surface area contributed by atoms with Gasteiger partial charge < -0.3 is 14.6 Å². The van der Waals surface area contributed by atoms with Crippen LogP contribution in [0.1, 0.15) is 26.7 Å². The van der Waals surface area contributed by atoms with Crippen LogP contribution in [0.25, 0.3) is 0 Å². The van der Waals surface area contributed by atoms with E-state index in [9.17, 15) is 28.8 Å². The zero-order chi connectivity index (χ0) is 22.0. The quantitative estimate of drug-likeness (QED) is 0.616. The van der Waals surface area contributed by atoms with Gasteiger partial charge in [-0.2, -0.15) is 0 Å². The van der Waals surface area contributed by atoms with Crippen molar-refractivity contribution >= 4 is 36.2 Å². The van der Waals surface area contributed by atoms with E-state index < -0.39 is 24.0 Å². The molecule has 0 fully saturated rings. The van der Waals surface area contributed by atoms with Crippen molar-refractivity contribution in [3.8, 4) is 0 Å². The molecule has 0 unspecified atom stereocenters. The van der Waals surface area contributed by atoms with E-state index >= 15 is 0 Å². The van der Waals surface area contributed by atoms with Gasteiger partial charge in [-0.15, -0.1) is 0 Å². The fraction of sp³-hybridized carbons (Fsp3) is 0.647. The monoisotopic (exact) mass is 399 g/mol. The minimum atomic E-state index is -1.06. The number of hydrogen-bond acceptors (Lipinski definition) is 6. The molecule has 0 bridgehead atoms. The number of amides is 8. The third-order valence-corrected chi connectivity index (χ3v) is 3.89. The van der Waals surface area contributed by atoms with Gasteiger partial charge in [0.2, 0.25) is 11.8 Å². The second-order valence-corrected chi connectivity index (χ2v) is 6.76. The van der Waals surface area contributed by atoms with Crippen LogP contribution in [-0.4, -0.2) is 97.1 Å². The SMILES string of the molecule is CC(C)CCC(=O)N(C)CC(=O)N(C)C(=O)NC(=O)N(C)C(=O)N(C)CC=O. The summed E-state index contributed by atoms with van der Waals surface area (Å²) in [4.78, 5) is 73.9. The number of likely N-dealkylation sites (N-methyl/N-ethyl adjacent to an activating group) is 3. The average molecular weight is 399 g/mol. The highest BCUT2D eigenvalue weighted by atomic mass is 16.2. The fourth-order valence-corrected chi connectivity index (χ4v) is 1.91. The number of nitrogens with zero attached hydrogens (tertiary/aromatic N) is 4. The topological polar surface area (TPSA) is 127 Å². The molecular weight excluding hydrogens is 370 g/mol. The van der Waals surface area contributed by atoms with E-state index in [-0.39, 0.29) is 25.4 Å². The first kappa shape index (κ1) is 25.0. The van der Waals surface area contributed by atoms with Gasteiger partial charge in [-0.25, -0.2) is 19.3 Å². The van der Waals surface area contributed by atoms with Gasteiger partial charge in [0, 0.05) is 34.6 Å². The van der Waals surface area contributed by atoms with Crippen molar-refractivity contribution in [2.45, 2.75) is 26.7 Å². The van der Waals surface area contributed by atoms with Crippen molar-refractivity contribution < 1.29 is 28.8 Å². The molecule has 0 aliphatic carbocycles. The minimum Gasteiger partial charge on any atom is -0.336 e. The molecular formula is C17H29N5O6. The van der Waals surface area contributed by atoms with E-state index in [1.54, 1.807) is 0 Å². The molecule has 0 aromatic carbocycles. The molecule has 0 aliphatic rings. The lowest BCUT2D eigenvalue weighted by Gasteiger charge is -2.24. The van der Waals surface area contributed by atoms with Gasteiger partial charge in [0.05, 0.1) is 13.1 Å². The van der Waals surface area contributed by atoms with E-state index in [1.807, 2.05) is 19.2 Å². The molecule has 0 saturated carbocycles. The third kappa shape index (κ3) is 8.14. The Morgan fingerprint density at radius 3 is 1.89 bits per heavy atom. The lowest BCUT2D eigenvalue weighted by atomic mass is 10.1. The molecule has 0 atom stereocenters. The average Bonchev–Trinajstić information content (AvgIpc) is 2.63. The summed E-state index contributed by atoms with van der Waals surface area (Å²) >= 11 is 0. The van der Waals surface area contributed by atoms with Gasteiger partial charge in [0.25, 0.3) is 0 Å². The third-order valence-electron chi connectivity index (χ3n) is 3.89. The zero-order valence-electron chi connectivity index (χ0n) is 17.2. The highest BCUT2D eigenvalue weighted by Gasteiger charge is 2.26. The van der Waals surface area contributed by atoms with Crippen LogP contribution in [-0.2, 0) is 14.4 Å². The number of carbonyl (C=O) groups excluding carboxylic acids is 6. The van der Waals surface area contributed by atoms with Crippen LogP contribution >= 0.6 is 0 Å². The molecule has 0 aromatic rings. The minimum absolute atomic E-state index is 0.222. The first-order valence-electron chi connectivity index (χ1n) is 8.70. The Labute approximate surface area is 164 Å². The normalized spacial score (nSPS) is 10.1. The van der Waals surface area contributed by atoms with Crippen LogP contribution in [0.2, 0.25) is 0 Å². The second-order valence-electron chi connectivity index (χ2n) is 6.76. The predicted molar refractivity (Wildman–Crippen MR) is 100 cm³/mol. The molecule has 28 heavy (non-hydrogen) atoms. The van der Waals surface area contributed by atoms with Crippen LogP contribution in [0.15, 0.2) is 0 Å². The Kier molecular flexibility index (Phi) is 10.4. The number of nitrogens with one attached hydrogen (secondary N) is 1. The summed E-state index contributed by atoms with van der Waals surface area (Å²) in [6, 6.07) is -2.91. The molecule has 11 heteroatoms. The predicted octanol–water partition coefficient (Wildman–Crippen LogP) is 0.352. The molecule has 1 N–H and O–H groups in total. The van der Waals surface area contributed by atoms with Gasteiger partial charge in [-0.05, 0) is 12.3 Å². The van der Waals surface area contributed by atoms with Crippen LogP contribution in [0.5, 0.6) is 0 Å². The van der Waals surface area contributed by atoms with E-state index in [2.05, 4.69) is 0 Å². The van der Waals surface area contributed by atoms with Crippen molar-refractivity contribution in [3.05, 3.63) is 0 Å². The van der Waals surface area contributed by atoms with Crippen molar-refractivity contribution in [2.24, 2.45) is 5.92 Å². The Bertz CT molecular complexity index is 621. The standard InChI is InChI=1S/C17H29N5O6/c1-12(2)7-8-13(24)20(4)11-14(25)21(5)15(26)18-16(27)22(6)17(28)19(3)9-10-23/h10,12H,7-9,11H2,1-6H3,(H,18,26,27). The Balaban J connectivity index is 4.69. The van der Waals surface area contributed by atoms with E-state index in [4.69, 9.17) is 0 Å². The largest absolute Gasteiger partial charge is 0.336 e. The number of imide groups is 3. The Morgan fingerprint density at radius 1 is 0.857 bits per heavy atom. The molecule has 8 amide bonds. The number of carbonyl (C=O) groups is 6. The Hall–Kier alpha value is -2.98. The summed E-state index contributed by atoms with van der Waals surface area (Å²) in [6.45, 7) is 3.41. The Morgan fingerprint density at radius 2 is 1.39 bits per heavy atom. The molecule has 11 nitrogen and oxygen atoms in total. The summed E-state index contributed by atoms with van der Waals surface area (Å²) in [6.07, 6.45) is 1.46. The lowest BCUT2D eigenvalue weighted by Crippen LogP contribution is -2.53. The smallest absolute Gasteiger partial charge is 0.333 e. The van der Waals surface area contributed by atoms with E-state index in [0.717, 1.165) is 19.0 Å². The van der Waals surface area contributed by atoms with Crippen LogP contribution in [0, 0.1) is 5.92 Å². The van der Waals surface area contributed by atoms with Crippen molar-refractivity contribution in [2.75, 3.05) is 41.3 Å². The maximum atomic E-state index is 12.1. The molecule has 158 valence electrons. The first-order valence-corrected chi connectivity index (χ1v) is 8.70. The highest BCUT2D eigenvalue weighted by Crippen LogP contribution is 2.05. The van der Waals surface area contributed by atoms with Gasteiger partial charge in [0.15, 0.2) is 0 Å². The van der Waals surface area contributed by atoms with E-state index in [0.29, 0.717) is 28.4 Å². The number of aldehydes is 1. The molecule has 0 heterocycles. The van der Waals surface area contributed by atoms with Gasteiger partial charge in [0.1, 0.15) is 6.29 Å². The van der Waals surface area contributed by atoms with E-state index in [1.165, 1.54) is 19.0 Å². The molecule has 0 aliphatic heterocycles. The number of rotatable bonds is 7. The molecule has 0 saturated heterocycles. The second kappa shape index (κ2) is 11.7. The fourth-order valence-electron chi connectivity index (χ4n) is 1.91. The lowest BCUT2D eigenvalue weighted by molar-refractivity contribution is -0.137. The number of urea groups is 3. The van der Waals surface area contributed by atoms with Crippen LogP contribution < -0.4 is 5.32 Å². The maximum absolute atomic E-state index is 12.1. The molecule has 0 rings (SSSR count). The van der Waals surface area contributed by atoms with Crippen molar-refractivity contribution in [3.63, 3.8) is 0 Å². The van der Waals surface area contributed by atoms with Crippen molar-refractivity contribution in [1.82, 2.24) is 24.9 Å². The number of hydrogen-bond donors (Lipinski definition) is 1. The summed E-state index contributed by atoms with van der Waals surface area (Å²) in [5.74, 6) is -0.578. The molecule has 0 aromatic heterocycles. The van der Waals surface area contributed by atoms with Crippen molar-refractivity contribution in [1.29, 1.82) is 0 Å². The molecule has 0 radical (unpaired) electrons. The summed E-state index contributed by atoms with van der Waals surface area (Å²) in [7, 11) is 5.03. The highest BCUT2D eigenvalue weighted by molar-refractivity contribution is 6.05. The maximum Gasteiger partial charge on any atom is 0.333 e. The van der Waals surface area contributed by atoms with Gasteiger partial charge >= 0.3 is 18.1 Å². The summed E-state index contributed by atoms with van der Waals surface area (Å²) < 4.78 is 0. The first-order chi connectivity index (χ1) is 12.9. The van der Waals surface area contributed by atoms with Gasteiger partial charge in [-0.1, -0.05) is 13.8 Å².